The number of fused-ring (bicyclic) bond motifs is 1. The lowest BCUT2D eigenvalue weighted by molar-refractivity contribution is 0.402. The highest BCUT2D eigenvalue weighted by Gasteiger charge is 2.39. The molecular formula is C16H17BrClIN2O4S. The van der Waals surface area contributed by atoms with Gasteiger partial charge in [-0.15, -0.1) is 17.0 Å². The number of benzene rings is 2. The number of phenols is 2. The average Bonchev–Trinajstić information content (AvgIpc) is 2.73. The fourth-order valence-electron chi connectivity index (χ4n) is 3.12. The zero-order chi connectivity index (χ0) is 18.4. The lowest BCUT2D eigenvalue weighted by Crippen LogP contribution is -2.34. The van der Waals surface area contributed by atoms with Crippen molar-refractivity contribution >= 4 is 61.2 Å². The first kappa shape index (κ1) is 21.7. The number of alkyl halides is 1. The number of nitrogens with one attached hydrogen (secondary N) is 1. The van der Waals surface area contributed by atoms with E-state index in [1.165, 1.54) is 12.1 Å². The molecule has 2 aromatic carbocycles. The van der Waals surface area contributed by atoms with Gasteiger partial charge in [0.25, 0.3) is 0 Å². The maximum Gasteiger partial charge on any atom is 0.238 e. The summed E-state index contributed by atoms with van der Waals surface area (Å²) in [5, 5.41) is 28.8. The summed E-state index contributed by atoms with van der Waals surface area (Å²) in [5.41, 5.74) is 1.81. The van der Waals surface area contributed by atoms with Crippen molar-refractivity contribution in [2.75, 3.05) is 13.1 Å². The maximum absolute atomic E-state index is 12.1. The molecule has 0 aromatic heterocycles. The number of primary sulfonamides is 1. The Morgan fingerprint density at radius 1 is 1.23 bits per heavy atom. The summed E-state index contributed by atoms with van der Waals surface area (Å²) >= 11 is 8.40. The van der Waals surface area contributed by atoms with Gasteiger partial charge in [-0.2, -0.15) is 0 Å². The molecule has 0 saturated carbocycles. The van der Waals surface area contributed by atoms with Crippen LogP contribution in [0.1, 0.15) is 16.7 Å². The highest BCUT2D eigenvalue weighted by atomic mass is 127. The van der Waals surface area contributed by atoms with E-state index in [9.17, 15) is 18.6 Å². The van der Waals surface area contributed by atoms with E-state index in [-0.39, 0.29) is 38.4 Å². The molecule has 10 heteroatoms. The molecule has 1 atom stereocenters. The van der Waals surface area contributed by atoms with E-state index in [1.807, 2.05) is 0 Å². The minimum Gasteiger partial charge on any atom is -0.504 e. The van der Waals surface area contributed by atoms with Crippen LogP contribution in [-0.4, -0.2) is 31.7 Å². The van der Waals surface area contributed by atoms with Crippen LogP contribution in [0.2, 0.25) is 5.02 Å². The van der Waals surface area contributed by atoms with Crippen molar-refractivity contribution in [1.29, 1.82) is 0 Å². The van der Waals surface area contributed by atoms with Crippen molar-refractivity contribution in [3.05, 3.63) is 52.0 Å². The van der Waals surface area contributed by atoms with Gasteiger partial charge in [0.15, 0.2) is 11.5 Å². The first-order valence-electron chi connectivity index (χ1n) is 7.42. The van der Waals surface area contributed by atoms with E-state index in [4.69, 9.17) is 16.7 Å². The van der Waals surface area contributed by atoms with Crippen LogP contribution >= 0.6 is 51.2 Å². The second-order valence-electron chi connectivity index (χ2n) is 5.85. The number of sulfonamides is 1. The molecule has 0 bridgehead atoms. The van der Waals surface area contributed by atoms with E-state index >= 15 is 0 Å². The van der Waals surface area contributed by atoms with Crippen LogP contribution in [0.15, 0.2) is 35.2 Å². The Hall–Kier alpha value is -0.590. The number of rotatable bonds is 2. The quantitative estimate of drug-likeness (QED) is 0.250. The summed E-state index contributed by atoms with van der Waals surface area (Å²) < 4.78 is 23.3. The first-order valence-corrected chi connectivity index (χ1v) is 10.4. The third kappa shape index (κ3) is 3.69. The van der Waals surface area contributed by atoms with Crippen LogP contribution in [0.5, 0.6) is 11.5 Å². The van der Waals surface area contributed by atoms with Crippen molar-refractivity contribution in [1.82, 2.24) is 5.32 Å². The third-order valence-electron chi connectivity index (χ3n) is 4.29. The molecule has 3 rings (SSSR count). The summed E-state index contributed by atoms with van der Waals surface area (Å²) in [7, 11) is -3.94. The van der Waals surface area contributed by atoms with E-state index in [1.54, 1.807) is 18.2 Å². The minimum atomic E-state index is -3.94. The smallest absolute Gasteiger partial charge is 0.238 e. The van der Waals surface area contributed by atoms with Crippen LogP contribution in [0.3, 0.4) is 0 Å². The van der Waals surface area contributed by atoms with Gasteiger partial charge in [-0.05, 0) is 41.8 Å². The van der Waals surface area contributed by atoms with Crippen LogP contribution in [0, 0.1) is 0 Å². The number of hydrogen-bond acceptors (Lipinski definition) is 5. The van der Waals surface area contributed by atoms with Gasteiger partial charge in [-0.25, -0.2) is 13.6 Å². The molecular weight excluding hydrogens is 559 g/mol. The number of halogens is 3. The van der Waals surface area contributed by atoms with Gasteiger partial charge in [-0.1, -0.05) is 52.4 Å². The Balaban J connectivity index is 0.00000243. The molecule has 142 valence electrons. The number of aromatic hydroxyl groups is 2. The van der Waals surface area contributed by atoms with Crippen molar-refractivity contribution in [2.45, 2.75) is 14.7 Å². The lowest BCUT2D eigenvalue weighted by Gasteiger charge is -2.31. The molecule has 1 unspecified atom stereocenters. The second kappa shape index (κ2) is 7.80. The van der Waals surface area contributed by atoms with Gasteiger partial charge in [0.05, 0.1) is 13.3 Å². The monoisotopic (exact) mass is 574 g/mol. The van der Waals surface area contributed by atoms with Gasteiger partial charge in [-0.3, -0.25) is 0 Å². The lowest BCUT2D eigenvalue weighted by atomic mass is 9.87. The van der Waals surface area contributed by atoms with Gasteiger partial charge in [0, 0.05) is 6.54 Å². The number of nitrogens with two attached hydrogens (primary N) is 1. The zero-order valence-electron chi connectivity index (χ0n) is 13.4. The van der Waals surface area contributed by atoms with Crippen molar-refractivity contribution in [3.63, 3.8) is 0 Å². The summed E-state index contributed by atoms with van der Waals surface area (Å²) in [6.07, 6.45) is 0.532. The molecule has 26 heavy (non-hydrogen) atoms. The van der Waals surface area contributed by atoms with Crippen LogP contribution < -0.4 is 10.5 Å². The van der Waals surface area contributed by atoms with E-state index in [0.29, 0.717) is 36.2 Å². The van der Waals surface area contributed by atoms with E-state index in [0.717, 1.165) is 0 Å². The Morgan fingerprint density at radius 2 is 1.88 bits per heavy atom. The molecule has 0 aliphatic carbocycles. The molecule has 1 heterocycles. The van der Waals surface area contributed by atoms with E-state index < -0.39 is 13.4 Å². The third-order valence-corrected chi connectivity index (χ3v) is 7.21. The normalized spacial score (nSPS) is 20.0. The molecule has 2 aromatic rings. The number of hydrogen-bond donors (Lipinski definition) is 4. The summed E-state index contributed by atoms with van der Waals surface area (Å²) in [6, 6.07) is 7.93. The van der Waals surface area contributed by atoms with Gasteiger partial charge >= 0.3 is 0 Å². The first-order chi connectivity index (χ1) is 11.7. The Labute approximate surface area is 180 Å². The number of phenolic OH excluding ortho intramolecular Hbond substituents is 2. The highest BCUT2D eigenvalue weighted by molar-refractivity contribution is 14.1. The van der Waals surface area contributed by atoms with Gasteiger partial charge in [0.2, 0.25) is 10.0 Å². The van der Waals surface area contributed by atoms with Crippen LogP contribution in [0.25, 0.3) is 0 Å². The van der Waals surface area contributed by atoms with Crippen molar-refractivity contribution < 1.29 is 18.6 Å². The summed E-state index contributed by atoms with van der Waals surface area (Å²) in [4.78, 5) is 0.0164. The molecule has 6 nitrogen and oxygen atoms in total. The Bertz CT molecular complexity index is 958. The standard InChI is InChI=1S/C16H16ClIN2O4S.BrH/c17-14-9-5-6-20-8-16(18,11(9)7-12(21)15(14)22)10-3-1-2-4-13(10)25(19,23)24;/h1-4,7,20-22H,5-6,8H2,(H2,19,23,24);1H. The molecule has 1 aliphatic heterocycles. The molecule has 5 N–H and O–H groups in total. The van der Waals surface area contributed by atoms with E-state index in [2.05, 4.69) is 27.9 Å². The largest absolute Gasteiger partial charge is 0.504 e. The minimum absolute atomic E-state index is 0. The molecule has 0 saturated heterocycles. The van der Waals surface area contributed by atoms with Crippen LogP contribution in [-0.2, 0) is 19.9 Å². The fourth-order valence-corrected chi connectivity index (χ4v) is 5.63. The topological polar surface area (TPSA) is 113 Å². The van der Waals surface area contributed by atoms with Crippen molar-refractivity contribution in [2.24, 2.45) is 5.14 Å². The van der Waals surface area contributed by atoms with Gasteiger partial charge in [0.1, 0.15) is 0 Å². The Kier molecular flexibility index (Phi) is 6.51. The molecule has 0 amide bonds. The molecule has 0 spiro atoms. The molecule has 0 fully saturated rings. The Morgan fingerprint density at radius 3 is 2.54 bits per heavy atom. The fraction of sp³-hybridized carbons (Fsp3) is 0.250. The predicted octanol–water partition coefficient (Wildman–Crippen LogP) is 2.80. The predicted molar refractivity (Wildman–Crippen MR) is 114 cm³/mol. The maximum atomic E-state index is 12.1. The summed E-state index contributed by atoms with van der Waals surface area (Å²) in [6.45, 7) is 1.01. The van der Waals surface area contributed by atoms with Crippen molar-refractivity contribution in [3.8, 4) is 11.5 Å². The SMILES string of the molecule is Br.NS(=O)(=O)c1ccccc1C1(I)CNCCc2c1cc(O)c(O)c2Cl. The van der Waals surface area contributed by atoms with Crippen LogP contribution in [0.4, 0.5) is 0 Å². The highest BCUT2D eigenvalue weighted by Crippen LogP contribution is 2.49. The van der Waals surface area contributed by atoms with Gasteiger partial charge < -0.3 is 15.5 Å². The summed E-state index contributed by atoms with van der Waals surface area (Å²) in [5.74, 6) is -0.722. The average molecular weight is 576 g/mol. The molecule has 0 radical (unpaired) electrons. The molecule has 1 aliphatic rings. The zero-order valence-corrected chi connectivity index (χ0v) is 18.8. The second-order valence-corrected chi connectivity index (χ2v) is 9.60.